The van der Waals surface area contributed by atoms with Gasteiger partial charge < -0.3 is 29.2 Å². The molecule has 1 aromatic carbocycles. The summed E-state index contributed by atoms with van der Waals surface area (Å²) >= 11 is 0. The van der Waals surface area contributed by atoms with Crippen molar-refractivity contribution >= 4 is 40.7 Å². The zero-order valence-corrected chi connectivity index (χ0v) is 28.5. The van der Waals surface area contributed by atoms with Crippen molar-refractivity contribution < 1.29 is 37.8 Å². The second kappa shape index (κ2) is 14.7. The zero-order chi connectivity index (χ0) is 34.6. The lowest BCUT2D eigenvalue weighted by atomic mass is 9.83. The van der Waals surface area contributed by atoms with Crippen molar-refractivity contribution in [2.45, 2.75) is 97.0 Å². The minimum absolute atomic E-state index is 0.0522. The normalized spacial score (nSPS) is 18.8. The maximum absolute atomic E-state index is 14.1. The Labute approximate surface area is 275 Å². The fraction of sp³-hybridized carbons (Fsp3) is 0.618. The third-order valence-electron chi connectivity index (χ3n) is 9.12. The number of hydrogen-bond donors (Lipinski definition) is 1. The Bertz CT molecular complexity index is 1500. The summed E-state index contributed by atoms with van der Waals surface area (Å²) in [5, 5.41) is 3.45. The minimum atomic E-state index is -0.873. The molecule has 0 unspecified atom stereocenters. The van der Waals surface area contributed by atoms with E-state index in [2.05, 4.69) is 5.32 Å². The number of nitrogens with zero attached hydrogens (tertiary/aromatic N) is 4. The van der Waals surface area contributed by atoms with E-state index >= 15 is 0 Å². The van der Waals surface area contributed by atoms with Gasteiger partial charge in [-0.25, -0.2) is 9.18 Å². The quantitative estimate of drug-likeness (QED) is 0.426. The summed E-state index contributed by atoms with van der Waals surface area (Å²) in [7, 11) is 2.76. The van der Waals surface area contributed by atoms with Crippen LogP contribution in [0.1, 0.15) is 77.2 Å². The van der Waals surface area contributed by atoms with Crippen molar-refractivity contribution in [3.63, 3.8) is 0 Å². The Hall–Kier alpha value is -4.16. The fourth-order valence-electron chi connectivity index (χ4n) is 6.38. The number of rotatable bonds is 8. The topological polar surface area (TPSA) is 130 Å². The van der Waals surface area contributed by atoms with Gasteiger partial charge in [-0.15, -0.1) is 0 Å². The van der Waals surface area contributed by atoms with E-state index in [9.17, 15) is 28.4 Å². The Balaban J connectivity index is 1.50. The largest absolute Gasteiger partial charge is 0.468 e. The van der Waals surface area contributed by atoms with E-state index in [1.807, 2.05) is 6.92 Å². The first-order chi connectivity index (χ1) is 22.1. The van der Waals surface area contributed by atoms with Crippen LogP contribution in [0.4, 0.5) is 9.18 Å². The number of aromatic nitrogens is 1. The number of esters is 1. The molecular weight excluding hydrogens is 609 g/mol. The van der Waals surface area contributed by atoms with E-state index in [0.29, 0.717) is 10.9 Å². The van der Waals surface area contributed by atoms with Gasteiger partial charge in [0.25, 0.3) is 5.91 Å². The highest BCUT2D eigenvalue weighted by Gasteiger charge is 2.39. The maximum atomic E-state index is 14.1. The number of nitrogens with one attached hydrogen (secondary N) is 1. The number of hydrogen-bond acceptors (Lipinski definition) is 7. The highest BCUT2D eigenvalue weighted by Crippen LogP contribution is 2.29. The number of carbonyl (C=O) groups is 5. The maximum Gasteiger partial charge on any atom is 0.410 e. The molecule has 2 fully saturated rings. The molecule has 0 bridgehead atoms. The van der Waals surface area contributed by atoms with Gasteiger partial charge in [0, 0.05) is 43.6 Å². The SMILES string of the molecule is COC(=O)Cn1c(C(=O)N2CCN(C(=O)[C@@H](NC(=O)[C@H](C)N(C)C(=O)OC(C)(C)C)C3CCCCC3)C[C@@H]2C)cc2cc(F)ccc21. The molecule has 1 N–H and O–H groups in total. The van der Waals surface area contributed by atoms with Gasteiger partial charge in [-0.1, -0.05) is 19.3 Å². The van der Waals surface area contributed by atoms with Crippen molar-refractivity contribution in [1.29, 1.82) is 0 Å². The molecule has 2 aliphatic rings. The van der Waals surface area contributed by atoms with Crippen LogP contribution in [0.3, 0.4) is 0 Å². The van der Waals surface area contributed by atoms with Crippen LogP contribution in [0.2, 0.25) is 0 Å². The van der Waals surface area contributed by atoms with Crippen LogP contribution in [0.25, 0.3) is 10.9 Å². The smallest absolute Gasteiger partial charge is 0.410 e. The van der Waals surface area contributed by atoms with E-state index in [1.54, 1.807) is 43.6 Å². The second-order valence-electron chi connectivity index (χ2n) is 13.7. The number of halogens is 1. The average molecular weight is 658 g/mol. The van der Waals surface area contributed by atoms with Gasteiger partial charge in [-0.2, -0.15) is 0 Å². The number of ether oxygens (including phenoxy) is 2. The molecule has 0 spiro atoms. The summed E-state index contributed by atoms with van der Waals surface area (Å²) in [5.41, 5.74) is 0.0235. The van der Waals surface area contributed by atoms with Gasteiger partial charge >= 0.3 is 12.1 Å². The van der Waals surface area contributed by atoms with Gasteiger partial charge in [0.2, 0.25) is 11.8 Å². The summed E-state index contributed by atoms with van der Waals surface area (Å²) < 4.78 is 25.8. The van der Waals surface area contributed by atoms with E-state index in [0.717, 1.165) is 32.1 Å². The Kier molecular flexibility index (Phi) is 11.2. The molecule has 1 saturated carbocycles. The van der Waals surface area contributed by atoms with E-state index in [-0.39, 0.29) is 55.6 Å². The molecule has 258 valence electrons. The van der Waals surface area contributed by atoms with Crippen molar-refractivity contribution in [2.75, 3.05) is 33.8 Å². The minimum Gasteiger partial charge on any atom is -0.468 e. The van der Waals surface area contributed by atoms with E-state index in [4.69, 9.17) is 9.47 Å². The van der Waals surface area contributed by atoms with Gasteiger partial charge in [0.1, 0.15) is 35.7 Å². The third kappa shape index (κ3) is 8.41. The van der Waals surface area contributed by atoms with Crippen molar-refractivity contribution in [2.24, 2.45) is 5.92 Å². The molecule has 1 aliphatic heterocycles. The van der Waals surface area contributed by atoms with Crippen LogP contribution in [-0.4, -0.2) is 107 Å². The van der Waals surface area contributed by atoms with Crippen LogP contribution >= 0.6 is 0 Å². The lowest BCUT2D eigenvalue weighted by Crippen LogP contribution is -2.61. The van der Waals surface area contributed by atoms with Crippen LogP contribution in [0.5, 0.6) is 0 Å². The molecule has 2 heterocycles. The molecule has 1 saturated heterocycles. The molecule has 4 amide bonds. The van der Waals surface area contributed by atoms with Gasteiger partial charge in [-0.05, 0) is 77.6 Å². The summed E-state index contributed by atoms with van der Waals surface area (Å²) in [6, 6.07) is 3.64. The number of piperazine rings is 1. The number of carbonyl (C=O) groups excluding carboxylic acids is 5. The van der Waals surface area contributed by atoms with Crippen molar-refractivity contribution in [1.82, 2.24) is 24.6 Å². The van der Waals surface area contributed by atoms with Gasteiger partial charge in [0.15, 0.2) is 0 Å². The Morgan fingerprint density at radius 1 is 1.06 bits per heavy atom. The number of likely N-dealkylation sites (N-methyl/N-ethyl adjacent to an activating group) is 1. The summed E-state index contributed by atoms with van der Waals surface area (Å²) in [6.07, 6.45) is 3.95. The van der Waals surface area contributed by atoms with Crippen molar-refractivity contribution in [3.05, 3.63) is 35.8 Å². The molecule has 1 aromatic heterocycles. The second-order valence-corrected chi connectivity index (χ2v) is 13.7. The molecule has 2 aromatic rings. The molecule has 4 rings (SSSR count). The lowest BCUT2D eigenvalue weighted by molar-refractivity contribution is -0.141. The Morgan fingerprint density at radius 3 is 2.36 bits per heavy atom. The zero-order valence-electron chi connectivity index (χ0n) is 28.5. The van der Waals surface area contributed by atoms with Crippen LogP contribution < -0.4 is 5.32 Å². The van der Waals surface area contributed by atoms with Crippen LogP contribution in [0.15, 0.2) is 24.3 Å². The molecule has 3 atom stereocenters. The molecule has 47 heavy (non-hydrogen) atoms. The predicted molar refractivity (Wildman–Crippen MR) is 173 cm³/mol. The number of methoxy groups -OCH3 is 1. The first-order valence-corrected chi connectivity index (χ1v) is 16.3. The first-order valence-electron chi connectivity index (χ1n) is 16.3. The monoisotopic (exact) mass is 657 g/mol. The highest BCUT2D eigenvalue weighted by atomic mass is 19.1. The average Bonchev–Trinajstić information content (AvgIpc) is 3.38. The predicted octanol–water partition coefficient (Wildman–Crippen LogP) is 3.95. The van der Waals surface area contributed by atoms with Crippen LogP contribution in [0, 0.1) is 11.7 Å². The molecule has 0 radical (unpaired) electrons. The first kappa shape index (κ1) is 35.7. The lowest BCUT2D eigenvalue weighted by Gasteiger charge is -2.42. The number of fused-ring (bicyclic) bond motifs is 1. The summed E-state index contributed by atoms with van der Waals surface area (Å²) in [4.78, 5) is 70.9. The van der Waals surface area contributed by atoms with Gasteiger partial charge in [0.05, 0.1) is 7.11 Å². The molecule has 13 heteroatoms. The molecule has 1 aliphatic carbocycles. The number of benzene rings is 1. The van der Waals surface area contributed by atoms with Crippen LogP contribution in [-0.2, 0) is 30.4 Å². The van der Waals surface area contributed by atoms with E-state index < -0.39 is 41.5 Å². The fourth-order valence-corrected chi connectivity index (χ4v) is 6.38. The Morgan fingerprint density at radius 2 is 1.74 bits per heavy atom. The third-order valence-corrected chi connectivity index (χ3v) is 9.12. The standard InChI is InChI=1S/C34H48FN5O7/c1-21-19-38(15-16-39(21)31(43)27-18-24-17-25(35)13-14-26(24)40(27)20-28(41)46-7)32(44)29(23-11-9-8-10-12-23)36-30(42)22(2)37(6)33(45)47-34(3,4)5/h13-14,17-18,21-23,29H,8-12,15-16,19-20H2,1-7H3,(H,36,42)/t21-,22-,29-/m0/s1. The van der Waals surface area contributed by atoms with Crippen molar-refractivity contribution in [3.8, 4) is 0 Å². The summed E-state index contributed by atoms with van der Waals surface area (Å²) in [6.45, 7) is 9.18. The molecular formula is C34H48FN5O7. The van der Waals surface area contributed by atoms with E-state index in [1.165, 1.54) is 41.8 Å². The summed E-state index contributed by atoms with van der Waals surface area (Å²) in [5.74, 6) is -2.07. The highest BCUT2D eigenvalue weighted by molar-refractivity contribution is 6.00. The van der Waals surface area contributed by atoms with Gasteiger partial charge in [-0.3, -0.25) is 24.1 Å². The number of amides is 4. The molecule has 12 nitrogen and oxygen atoms in total.